The molecule has 0 aliphatic carbocycles. The molecule has 1 aromatic carbocycles. The number of hydrogen-bond donors (Lipinski definition) is 1. The van der Waals surface area contributed by atoms with Crippen molar-refractivity contribution in [2.45, 2.75) is 59.5 Å². The maximum atomic E-state index is 12.7. The van der Waals surface area contributed by atoms with Crippen LogP contribution in [0.2, 0.25) is 0 Å². The molecule has 1 aromatic heterocycles. The molecule has 1 aliphatic heterocycles. The topological polar surface area (TPSA) is 62.9 Å². The van der Waals surface area contributed by atoms with Crippen molar-refractivity contribution in [3.05, 3.63) is 29.0 Å². The summed E-state index contributed by atoms with van der Waals surface area (Å²) in [4.78, 5) is 15.1. The second kappa shape index (κ2) is 7.70. The number of rotatable bonds is 5. The van der Waals surface area contributed by atoms with Gasteiger partial charge in [0.15, 0.2) is 0 Å². The maximum Gasteiger partial charge on any atom is 0.342 e. The summed E-state index contributed by atoms with van der Waals surface area (Å²) in [7, 11) is 0. The van der Waals surface area contributed by atoms with Gasteiger partial charge < -0.3 is 14.3 Å². The van der Waals surface area contributed by atoms with Gasteiger partial charge in [0.05, 0.1) is 6.61 Å². The van der Waals surface area contributed by atoms with Gasteiger partial charge in [-0.2, -0.15) is 0 Å². The van der Waals surface area contributed by atoms with Crippen molar-refractivity contribution in [3.63, 3.8) is 0 Å². The van der Waals surface area contributed by atoms with E-state index in [1.165, 1.54) is 6.42 Å². The number of phenolic OH excluding ortho intramolecular Hbond substituents is 1. The lowest BCUT2D eigenvalue weighted by atomic mass is 9.99. The number of benzene rings is 1. The molecule has 142 valence electrons. The number of ether oxygens (including phenoxy) is 1. The molecule has 0 bridgehead atoms. The summed E-state index contributed by atoms with van der Waals surface area (Å²) in [5, 5.41) is 11.2. The van der Waals surface area contributed by atoms with Gasteiger partial charge in [-0.15, -0.1) is 0 Å². The zero-order valence-electron chi connectivity index (χ0n) is 16.2. The minimum atomic E-state index is -0.381. The number of fused-ring (bicyclic) bond motifs is 1. The van der Waals surface area contributed by atoms with E-state index in [1.807, 2.05) is 13.8 Å². The SMILES string of the molecule is Cc1oc2ccc(O)c(CN3CCCC[C@H]3C)c2c1C(=O)OCC(C)C. The Morgan fingerprint density at radius 1 is 1.38 bits per heavy atom. The molecule has 0 amide bonds. The van der Waals surface area contributed by atoms with Gasteiger partial charge in [0.25, 0.3) is 0 Å². The fourth-order valence-corrected chi connectivity index (χ4v) is 3.68. The minimum Gasteiger partial charge on any atom is -0.508 e. The predicted octanol–water partition coefficient (Wildman–Crippen LogP) is 4.63. The van der Waals surface area contributed by atoms with Crippen LogP contribution in [0.3, 0.4) is 0 Å². The van der Waals surface area contributed by atoms with E-state index in [2.05, 4.69) is 11.8 Å². The number of likely N-dealkylation sites (tertiary alicyclic amines) is 1. The number of hydrogen-bond acceptors (Lipinski definition) is 5. The highest BCUT2D eigenvalue weighted by molar-refractivity contribution is 6.06. The molecule has 3 rings (SSSR count). The van der Waals surface area contributed by atoms with Gasteiger partial charge in [0.1, 0.15) is 22.7 Å². The molecule has 1 saturated heterocycles. The first kappa shape index (κ1) is 18.8. The van der Waals surface area contributed by atoms with Crippen LogP contribution in [0.15, 0.2) is 16.5 Å². The van der Waals surface area contributed by atoms with Gasteiger partial charge in [0, 0.05) is 23.5 Å². The highest BCUT2D eigenvalue weighted by atomic mass is 16.5. The second-order valence-corrected chi connectivity index (χ2v) is 7.78. The summed E-state index contributed by atoms with van der Waals surface area (Å²) in [6, 6.07) is 3.83. The number of furan rings is 1. The third-order valence-electron chi connectivity index (χ3n) is 5.17. The lowest BCUT2D eigenvalue weighted by Gasteiger charge is -2.33. The molecule has 1 fully saturated rings. The molecule has 1 aliphatic rings. The van der Waals surface area contributed by atoms with Crippen LogP contribution in [0.25, 0.3) is 11.0 Å². The van der Waals surface area contributed by atoms with Crippen LogP contribution in [-0.4, -0.2) is 35.2 Å². The molecule has 2 aromatic rings. The molecule has 5 heteroatoms. The Balaban J connectivity index is 2.01. The molecule has 1 atom stereocenters. The van der Waals surface area contributed by atoms with Gasteiger partial charge in [-0.25, -0.2) is 4.79 Å². The maximum absolute atomic E-state index is 12.7. The van der Waals surface area contributed by atoms with E-state index >= 15 is 0 Å². The Hall–Kier alpha value is -2.01. The second-order valence-electron chi connectivity index (χ2n) is 7.78. The Labute approximate surface area is 154 Å². The van der Waals surface area contributed by atoms with Crippen LogP contribution in [0.1, 0.15) is 61.7 Å². The Bertz CT molecular complexity index is 793. The monoisotopic (exact) mass is 359 g/mol. The van der Waals surface area contributed by atoms with Crippen molar-refractivity contribution in [2.24, 2.45) is 5.92 Å². The summed E-state index contributed by atoms with van der Waals surface area (Å²) in [5.41, 5.74) is 1.82. The smallest absolute Gasteiger partial charge is 0.342 e. The van der Waals surface area contributed by atoms with Crippen LogP contribution in [0.4, 0.5) is 0 Å². The number of phenols is 1. The number of aromatic hydroxyl groups is 1. The minimum absolute atomic E-state index is 0.203. The summed E-state index contributed by atoms with van der Waals surface area (Å²) < 4.78 is 11.3. The van der Waals surface area contributed by atoms with Gasteiger partial charge in [-0.1, -0.05) is 20.3 Å². The van der Waals surface area contributed by atoms with E-state index in [9.17, 15) is 9.90 Å². The van der Waals surface area contributed by atoms with E-state index in [4.69, 9.17) is 9.15 Å². The number of esters is 1. The van der Waals surface area contributed by atoms with Crippen molar-refractivity contribution in [1.29, 1.82) is 0 Å². The van der Waals surface area contributed by atoms with Crippen molar-refractivity contribution >= 4 is 16.9 Å². The highest BCUT2D eigenvalue weighted by Gasteiger charge is 2.26. The Morgan fingerprint density at radius 3 is 2.85 bits per heavy atom. The third kappa shape index (κ3) is 3.73. The number of carbonyl (C=O) groups excluding carboxylic acids is 1. The van der Waals surface area contributed by atoms with E-state index < -0.39 is 0 Å². The molecular weight excluding hydrogens is 330 g/mol. The van der Waals surface area contributed by atoms with Gasteiger partial charge >= 0.3 is 5.97 Å². The van der Waals surface area contributed by atoms with E-state index in [-0.39, 0.29) is 17.6 Å². The van der Waals surface area contributed by atoms with Gasteiger partial charge in [-0.05, 0) is 51.3 Å². The first-order valence-corrected chi connectivity index (χ1v) is 9.53. The van der Waals surface area contributed by atoms with Crippen LogP contribution < -0.4 is 0 Å². The van der Waals surface area contributed by atoms with Crippen LogP contribution in [-0.2, 0) is 11.3 Å². The molecular formula is C21H29NO4. The van der Waals surface area contributed by atoms with Gasteiger partial charge in [0.2, 0.25) is 0 Å². The predicted molar refractivity (Wildman–Crippen MR) is 101 cm³/mol. The molecule has 26 heavy (non-hydrogen) atoms. The molecule has 0 saturated carbocycles. The number of aryl methyl sites for hydroxylation is 1. The summed E-state index contributed by atoms with van der Waals surface area (Å²) >= 11 is 0. The van der Waals surface area contributed by atoms with Crippen LogP contribution in [0, 0.1) is 12.8 Å². The van der Waals surface area contributed by atoms with Crippen molar-refractivity contribution < 1.29 is 19.1 Å². The Morgan fingerprint density at radius 2 is 2.15 bits per heavy atom. The van der Waals surface area contributed by atoms with Crippen LogP contribution in [0.5, 0.6) is 5.75 Å². The number of carbonyl (C=O) groups is 1. The van der Waals surface area contributed by atoms with Gasteiger partial charge in [-0.3, -0.25) is 4.90 Å². The molecule has 0 unspecified atom stereocenters. The summed E-state index contributed by atoms with van der Waals surface area (Å²) in [6.07, 6.45) is 3.56. The standard InChI is InChI=1S/C21H29NO4/c1-13(2)12-25-21(24)19-15(4)26-18-9-8-17(23)16(20(18)19)11-22-10-6-5-7-14(22)3/h8-9,13-14,23H,5-7,10-12H2,1-4H3/t14-/m1/s1. The fraction of sp³-hybridized carbons (Fsp3) is 0.571. The first-order valence-electron chi connectivity index (χ1n) is 9.53. The van der Waals surface area contributed by atoms with E-state index in [0.29, 0.717) is 41.5 Å². The lowest BCUT2D eigenvalue weighted by Crippen LogP contribution is -2.36. The largest absolute Gasteiger partial charge is 0.508 e. The molecule has 1 N–H and O–H groups in total. The Kier molecular flexibility index (Phi) is 5.56. The lowest BCUT2D eigenvalue weighted by molar-refractivity contribution is 0.0459. The van der Waals surface area contributed by atoms with Crippen molar-refractivity contribution in [1.82, 2.24) is 4.90 Å². The van der Waals surface area contributed by atoms with E-state index in [0.717, 1.165) is 24.9 Å². The number of piperidine rings is 1. The number of nitrogens with zero attached hydrogens (tertiary/aromatic N) is 1. The quantitative estimate of drug-likeness (QED) is 0.788. The molecule has 0 radical (unpaired) electrons. The summed E-state index contributed by atoms with van der Waals surface area (Å²) in [5.74, 6) is 0.620. The normalized spacial score (nSPS) is 18.6. The zero-order valence-corrected chi connectivity index (χ0v) is 16.2. The molecule has 2 heterocycles. The first-order chi connectivity index (χ1) is 12.4. The average Bonchev–Trinajstić information content (AvgIpc) is 2.93. The average molecular weight is 359 g/mol. The van der Waals surface area contributed by atoms with Crippen molar-refractivity contribution in [2.75, 3.05) is 13.2 Å². The van der Waals surface area contributed by atoms with Crippen molar-refractivity contribution in [3.8, 4) is 5.75 Å². The zero-order chi connectivity index (χ0) is 18.8. The van der Waals surface area contributed by atoms with Crippen LogP contribution >= 0.6 is 0 Å². The third-order valence-corrected chi connectivity index (χ3v) is 5.17. The highest BCUT2D eigenvalue weighted by Crippen LogP contribution is 2.36. The summed E-state index contributed by atoms with van der Waals surface area (Å²) in [6.45, 7) is 9.97. The molecule has 0 spiro atoms. The fourth-order valence-electron chi connectivity index (χ4n) is 3.68. The molecule has 5 nitrogen and oxygen atoms in total. The van der Waals surface area contributed by atoms with E-state index in [1.54, 1.807) is 19.1 Å².